The van der Waals surface area contributed by atoms with E-state index in [0.717, 1.165) is 43.2 Å². The van der Waals surface area contributed by atoms with Crippen LogP contribution in [0.3, 0.4) is 0 Å². The lowest BCUT2D eigenvalue weighted by Gasteiger charge is -2.35. The Kier molecular flexibility index (Phi) is 11.0. The molecule has 0 radical (unpaired) electrons. The minimum atomic E-state index is -0.957. The largest absolute Gasteiger partial charge is 0.507 e. The van der Waals surface area contributed by atoms with Crippen molar-refractivity contribution in [3.8, 4) is 11.5 Å². The third-order valence-electron chi connectivity index (χ3n) is 8.32. The summed E-state index contributed by atoms with van der Waals surface area (Å²) in [4.78, 5) is 27.1. The van der Waals surface area contributed by atoms with Crippen LogP contribution in [0.25, 0.3) is 0 Å². The molecule has 240 valence electrons. The molecule has 0 aliphatic rings. The Bertz CT molecular complexity index is 1290. The Morgan fingerprint density at radius 1 is 0.744 bits per heavy atom. The second kappa shape index (κ2) is 13.0. The maximum absolute atomic E-state index is 14.2. The molecule has 0 spiro atoms. The molecule has 0 amide bonds. The van der Waals surface area contributed by atoms with E-state index in [-0.39, 0.29) is 11.7 Å². The van der Waals surface area contributed by atoms with Crippen molar-refractivity contribution >= 4 is 11.9 Å². The van der Waals surface area contributed by atoms with Crippen molar-refractivity contribution in [2.45, 2.75) is 157 Å². The summed E-state index contributed by atoms with van der Waals surface area (Å²) >= 11 is 0. The first kappa shape index (κ1) is 36.4. The number of phenolic OH excluding ortho intramolecular Hbond substituents is 1. The summed E-state index contributed by atoms with van der Waals surface area (Å²) in [6, 6.07) is 5.23. The highest BCUT2D eigenvalue weighted by atomic mass is 16.5. The van der Waals surface area contributed by atoms with Crippen molar-refractivity contribution < 1.29 is 24.5 Å². The first-order valence-electron chi connectivity index (χ1n) is 16.0. The summed E-state index contributed by atoms with van der Waals surface area (Å²) in [6.07, 6.45) is 4.83. The number of aromatic hydroxyl groups is 1. The van der Waals surface area contributed by atoms with Crippen LogP contribution < -0.4 is 4.74 Å². The number of ether oxygens (including phenoxy) is 1. The van der Waals surface area contributed by atoms with Gasteiger partial charge >= 0.3 is 11.9 Å². The van der Waals surface area contributed by atoms with Crippen LogP contribution in [0, 0.1) is 0 Å². The Balaban J connectivity index is 3.01. The summed E-state index contributed by atoms with van der Waals surface area (Å²) in [7, 11) is 0. The molecule has 5 heteroatoms. The number of unbranched alkanes of at least 4 members (excludes halogenated alkanes) is 2. The van der Waals surface area contributed by atoms with Crippen LogP contribution in [0.2, 0.25) is 0 Å². The summed E-state index contributed by atoms with van der Waals surface area (Å²) in [6.45, 7) is 28.6. The van der Waals surface area contributed by atoms with Crippen molar-refractivity contribution in [1.82, 2.24) is 0 Å². The van der Waals surface area contributed by atoms with Crippen molar-refractivity contribution in [3.63, 3.8) is 0 Å². The maximum atomic E-state index is 14.2. The van der Waals surface area contributed by atoms with E-state index < -0.39 is 33.6 Å². The first-order chi connectivity index (χ1) is 19.5. The molecule has 2 aromatic rings. The fourth-order valence-electron chi connectivity index (χ4n) is 5.93. The van der Waals surface area contributed by atoms with Gasteiger partial charge in [0.25, 0.3) is 0 Å². The van der Waals surface area contributed by atoms with Gasteiger partial charge in [0.2, 0.25) is 0 Å². The zero-order chi connectivity index (χ0) is 33.3. The molecule has 0 saturated heterocycles. The van der Waals surface area contributed by atoms with Gasteiger partial charge in [-0.05, 0) is 64.2 Å². The first-order valence-corrected chi connectivity index (χ1v) is 16.0. The lowest BCUT2D eigenvalue weighted by atomic mass is 9.71. The molecule has 0 saturated carbocycles. The minimum Gasteiger partial charge on any atom is -0.507 e. The lowest BCUT2D eigenvalue weighted by molar-refractivity contribution is 0.0694. The summed E-state index contributed by atoms with van der Waals surface area (Å²) < 4.78 is 6.47. The number of carboxylic acid groups (broad SMARTS) is 1. The van der Waals surface area contributed by atoms with Crippen LogP contribution in [0.1, 0.15) is 183 Å². The smallest absolute Gasteiger partial charge is 0.343 e. The van der Waals surface area contributed by atoms with E-state index in [2.05, 4.69) is 34.6 Å². The standard InChI is InChI=1S/C38H58O5/c1-15-17-18-19-23(16-2)29-25(33(40)41)22-28(37(9,10)11)32(30(29)38(12,13)14)43-34(42)24-20-26(35(3,4)5)31(39)27(21-24)36(6,7)8/h20-23,39H,15-19H2,1-14H3,(H,40,41). The van der Waals surface area contributed by atoms with E-state index >= 15 is 0 Å². The molecule has 43 heavy (non-hydrogen) atoms. The lowest BCUT2D eigenvalue weighted by Crippen LogP contribution is -2.27. The van der Waals surface area contributed by atoms with Crippen molar-refractivity contribution in [1.29, 1.82) is 0 Å². The maximum Gasteiger partial charge on any atom is 0.343 e. The third kappa shape index (κ3) is 8.42. The van der Waals surface area contributed by atoms with E-state index in [1.54, 1.807) is 18.2 Å². The van der Waals surface area contributed by atoms with Gasteiger partial charge in [-0.1, -0.05) is 116 Å². The highest BCUT2D eigenvalue weighted by Crippen LogP contribution is 2.48. The van der Waals surface area contributed by atoms with E-state index in [1.807, 2.05) is 62.3 Å². The highest BCUT2D eigenvalue weighted by molar-refractivity contribution is 5.94. The quantitative estimate of drug-likeness (QED) is 0.171. The average molecular weight is 595 g/mol. The molecule has 2 aromatic carbocycles. The van der Waals surface area contributed by atoms with Crippen molar-refractivity contribution in [2.75, 3.05) is 0 Å². The van der Waals surface area contributed by atoms with Gasteiger partial charge in [-0.25, -0.2) is 9.59 Å². The van der Waals surface area contributed by atoms with E-state index in [0.29, 0.717) is 33.6 Å². The number of hydrogen-bond donors (Lipinski definition) is 2. The molecule has 0 aliphatic carbocycles. The number of esters is 1. The zero-order valence-electron chi connectivity index (χ0n) is 29.5. The zero-order valence-corrected chi connectivity index (χ0v) is 29.5. The van der Waals surface area contributed by atoms with Crippen LogP contribution in [-0.4, -0.2) is 22.2 Å². The predicted molar refractivity (Wildman–Crippen MR) is 178 cm³/mol. The Hall–Kier alpha value is -2.82. The molecule has 0 heterocycles. The normalized spacial score (nSPS) is 13.6. The number of carboxylic acids is 1. The minimum absolute atomic E-state index is 0.0204. The molecular weight excluding hydrogens is 536 g/mol. The summed E-state index contributed by atoms with van der Waals surface area (Å²) in [5.74, 6) is -0.789. The monoisotopic (exact) mass is 594 g/mol. The summed E-state index contributed by atoms with van der Waals surface area (Å²) in [5.41, 5.74) is 2.49. The summed E-state index contributed by atoms with van der Waals surface area (Å²) in [5, 5.41) is 21.8. The van der Waals surface area contributed by atoms with Gasteiger partial charge in [-0.3, -0.25) is 0 Å². The van der Waals surface area contributed by atoms with Gasteiger partial charge in [0, 0.05) is 22.3 Å². The van der Waals surface area contributed by atoms with E-state index in [1.165, 1.54) is 0 Å². The van der Waals surface area contributed by atoms with Gasteiger partial charge in [0.05, 0.1) is 11.1 Å². The number of aromatic carboxylic acids is 1. The molecule has 0 aromatic heterocycles. The van der Waals surface area contributed by atoms with Gasteiger partial charge in [-0.15, -0.1) is 0 Å². The highest BCUT2D eigenvalue weighted by Gasteiger charge is 2.37. The Morgan fingerprint density at radius 3 is 1.60 bits per heavy atom. The van der Waals surface area contributed by atoms with Gasteiger partial charge in [0.1, 0.15) is 11.5 Å². The van der Waals surface area contributed by atoms with Gasteiger partial charge in [0.15, 0.2) is 0 Å². The van der Waals surface area contributed by atoms with Gasteiger partial charge < -0.3 is 14.9 Å². The number of rotatable bonds is 9. The van der Waals surface area contributed by atoms with Gasteiger partial charge in [-0.2, -0.15) is 0 Å². The van der Waals surface area contributed by atoms with Crippen LogP contribution >= 0.6 is 0 Å². The van der Waals surface area contributed by atoms with Crippen LogP contribution in [0.5, 0.6) is 11.5 Å². The molecule has 1 atom stereocenters. The molecule has 0 aliphatic heterocycles. The average Bonchev–Trinajstić information content (AvgIpc) is 2.83. The number of hydrogen-bond acceptors (Lipinski definition) is 4. The van der Waals surface area contributed by atoms with Crippen LogP contribution in [0.4, 0.5) is 0 Å². The number of benzene rings is 2. The topological polar surface area (TPSA) is 83.8 Å². The van der Waals surface area contributed by atoms with E-state index in [9.17, 15) is 19.8 Å². The molecule has 5 nitrogen and oxygen atoms in total. The molecule has 0 fully saturated rings. The third-order valence-corrected chi connectivity index (χ3v) is 8.32. The van der Waals surface area contributed by atoms with Crippen LogP contribution in [0.15, 0.2) is 18.2 Å². The number of phenols is 1. The number of carbonyl (C=O) groups excluding carboxylic acids is 1. The second-order valence-electron chi connectivity index (χ2n) is 16.3. The Morgan fingerprint density at radius 2 is 1.23 bits per heavy atom. The van der Waals surface area contributed by atoms with Crippen LogP contribution in [-0.2, 0) is 21.7 Å². The fraction of sp³-hybridized carbons (Fsp3) is 0.632. The molecule has 2 rings (SSSR count). The van der Waals surface area contributed by atoms with Crippen molar-refractivity contribution in [2.24, 2.45) is 0 Å². The van der Waals surface area contributed by atoms with Crippen molar-refractivity contribution in [3.05, 3.63) is 57.1 Å². The molecule has 0 bridgehead atoms. The SMILES string of the molecule is CCCCCC(CC)c1c(C(=O)O)cc(C(C)(C)C)c(OC(=O)c2cc(C(C)(C)C)c(O)c(C(C)(C)C)c2)c1C(C)(C)C. The Labute approximate surface area is 261 Å². The second-order valence-corrected chi connectivity index (χ2v) is 16.3. The number of carbonyl (C=O) groups is 2. The molecular formula is C38H58O5. The molecule has 1 unspecified atom stereocenters. The fourth-order valence-corrected chi connectivity index (χ4v) is 5.93. The predicted octanol–water partition coefficient (Wildman–Crippen LogP) is 10.6. The molecule has 2 N–H and O–H groups in total. The van der Waals surface area contributed by atoms with E-state index in [4.69, 9.17) is 4.74 Å².